The summed E-state index contributed by atoms with van der Waals surface area (Å²) >= 11 is 2.98. The highest BCUT2D eigenvalue weighted by Gasteiger charge is 2.37. The first-order valence-corrected chi connectivity index (χ1v) is 9.09. The Morgan fingerprint density at radius 1 is 1.38 bits per heavy atom. The van der Waals surface area contributed by atoms with Gasteiger partial charge in [-0.25, -0.2) is 8.42 Å². The van der Waals surface area contributed by atoms with Crippen LogP contribution in [-0.4, -0.2) is 38.1 Å². The number of alkyl halides is 3. The molecule has 2 N–H and O–H groups in total. The molecule has 0 radical (unpaired) electrons. The van der Waals surface area contributed by atoms with E-state index in [1.807, 2.05) is 0 Å². The van der Waals surface area contributed by atoms with Gasteiger partial charge in [-0.2, -0.15) is 4.31 Å². The van der Waals surface area contributed by atoms with Crippen LogP contribution in [0.3, 0.4) is 0 Å². The maximum atomic E-state index is 12.7. The zero-order valence-electron chi connectivity index (χ0n) is 12.2. The lowest BCUT2D eigenvalue weighted by atomic mass is 9.99. The summed E-state index contributed by atoms with van der Waals surface area (Å²) in [4.78, 5) is 10.7. The number of carbonyl (C=O) groups is 1. The molecule has 0 spiro atoms. The molecule has 1 fully saturated rings. The van der Waals surface area contributed by atoms with Crippen LogP contribution >= 0.6 is 15.9 Å². The first-order chi connectivity index (χ1) is 11.0. The number of carbonyl (C=O) groups excluding carboxylic acids is 1. The van der Waals surface area contributed by atoms with Crippen molar-refractivity contribution >= 4 is 31.9 Å². The number of rotatable bonds is 4. The van der Waals surface area contributed by atoms with E-state index in [0.717, 1.165) is 16.4 Å². The minimum Gasteiger partial charge on any atom is -0.404 e. The fourth-order valence-corrected chi connectivity index (χ4v) is 4.39. The topological polar surface area (TPSA) is 89.7 Å². The van der Waals surface area contributed by atoms with Crippen molar-refractivity contribution in [3.05, 3.63) is 22.7 Å². The Hall–Kier alpha value is -1.33. The van der Waals surface area contributed by atoms with Gasteiger partial charge in [0, 0.05) is 17.6 Å². The molecule has 1 amide bonds. The Morgan fingerprint density at radius 2 is 2.04 bits per heavy atom. The molecule has 11 heteroatoms. The van der Waals surface area contributed by atoms with Gasteiger partial charge >= 0.3 is 6.36 Å². The molecule has 1 atom stereocenters. The maximum absolute atomic E-state index is 12.7. The lowest BCUT2D eigenvalue weighted by Gasteiger charge is -2.30. The van der Waals surface area contributed by atoms with E-state index in [4.69, 9.17) is 5.73 Å². The van der Waals surface area contributed by atoms with Crippen LogP contribution in [0.15, 0.2) is 27.6 Å². The fourth-order valence-electron chi connectivity index (χ4n) is 2.43. The van der Waals surface area contributed by atoms with E-state index in [9.17, 15) is 26.4 Å². The maximum Gasteiger partial charge on any atom is 0.573 e. The van der Waals surface area contributed by atoms with E-state index in [2.05, 4.69) is 20.7 Å². The number of sulfonamides is 1. The van der Waals surface area contributed by atoms with Gasteiger partial charge in [0.2, 0.25) is 15.9 Å². The van der Waals surface area contributed by atoms with Crippen molar-refractivity contribution in [3.63, 3.8) is 0 Å². The summed E-state index contributed by atoms with van der Waals surface area (Å²) in [6.45, 7) is -0.0766. The quantitative estimate of drug-likeness (QED) is 0.792. The smallest absolute Gasteiger partial charge is 0.404 e. The van der Waals surface area contributed by atoms with Crippen LogP contribution in [0.5, 0.6) is 5.75 Å². The Morgan fingerprint density at radius 3 is 2.62 bits per heavy atom. The molecule has 24 heavy (non-hydrogen) atoms. The van der Waals surface area contributed by atoms with Gasteiger partial charge in [-0.15, -0.1) is 13.2 Å². The second-order valence-corrected chi connectivity index (χ2v) is 8.07. The van der Waals surface area contributed by atoms with Crippen LogP contribution in [0, 0.1) is 5.92 Å². The highest BCUT2D eigenvalue weighted by molar-refractivity contribution is 9.10. The lowest BCUT2D eigenvalue weighted by Crippen LogP contribution is -2.44. The summed E-state index contributed by atoms with van der Waals surface area (Å²) in [6, 6.07) is 3.25. The SMILES string of the molecule is NC(=O)C1CCCN(S(=O)(=O)c2ccc(Br)cc2OC(F)(F)F)C1. The normalized spacial score (nSPS) is 19.9. The van der Waals surface area contributed by atoms with Gasteiger partial charge in [-0.1, -0.05) is 15.9 Å². The van der Waals surface area contributed by atoms with E-state index in [-0.39, 0.29) is 17.6 Å². The second-order valence-electron chi connectivity index (χ2n) is 5.24. The number of ether oxygens (including phenoxy) is 1. The van der Waals surface area contributed by atoms with Crippen molar-refractivity contribution in [2.24, 2.45) is 11.7 Å². The predicted molar refractivity (Wildman–Crippen MR) is 81.5 cm³/mol. The van der Waals surface area contributed by atoms with Gasteiger partial charge in [0.05, 0.1) is 5.92 Å². The number of nitrogens with zero attached hydrogens (tertiary/aromatic N) is 1. The number of nitrogens with two attached hydrogens (primary N) is 1. The van der Waals surface area contributed by atoms with Crippen LogP contribution in [-0.2, 0) is 14.8 Å². The summed E-state index contributed by atoms with van der Waals surface area (Å²) in [5, 5.41) is 0. The van der Waals surface area contributed by atoms with Crippen molar-refractivity contribution < 1.29 is 31.1 Å². The molecule has 1 aliphatic rings. The first kappa shape index (κ1) is 19.0. The molecule has 6 nitrogen and oxygen atoms in total. The highest BCUT2D eigenvalue weighted by Crippen LogP contribution is 2.35. The molecule has 1 aromatic carbocycles. The molecule has 0 bridgehead atoms. The number of primary amides is 1. The third-order valence-electron chi connectivity index (χ3n) is 3.54. The number of halogens is 4. The standard InChI is InChI=1S/C13H14BrF3N2O4S/c14-9-3-4-11(10(6-9)23-13(15,16)17)24(21,22)19-5-1-2-8(7-19)12(18)20/h3-4,6,8H,1-2,5,7H2,(H2,18,20). The molecule has 1 unspecified atom stereocenters. The van der Waals surface area contributed by atoms with Crippen LogP contribution in [0.2, 0.25) is 0 Å². The zero-order valence-corrected chi connectivity index (χ0v) is 14.6. The average Bonchev–Trinajstić information content (AvgIpc) is 2.45. The Labute approximate surface area is 144 Å². The molecule has 1 saturated heterocycles. The van der Waals surface area contributed by atoms with Gasteiger partial charge in [-0.3, -0.25) is 4.79 Å². The predicted octanol–water partition coefficient (Wildman–Crippen LogP) is 2.23. The average molecular weight is 431 g/mol. The van der Waals surface area contributed by atoms with Gasteiger partial charge in [0.15, 0.2) is 5.75 Å². The second kappa shape index (κ2) is 6.89. The summed E-state index contributed by atoms with van der Waals surface area (Å²) in [5.74, 6) is -2.15. The van der Waals surface area contributed by atoms with Crippen molar-refractivity contribution in [1.82, 2.24) is 4.31 Å². The number of amides is 1. The van der Waals surface area contributed by atoms with E-state index in [1.165, 1.54) is 6.07 Å². The van der Waals surface area contributed by atoms with Crippen molar-refractivity contribution in [3.8, 4) is 5.75 Å². The van der Waals surface area contributed by atoms with E-state index in [1.54, 1.807) is 0 Å². The largest absolute Gasteiger partial charge is 0.573 e. The van der Waals surface area contributed by atoms with Crippen LogP contribution in [0.25, 0.3) is 0 Å². The van der Waals surface area contributed by atoms with Gasteiger partial charge in [0.1, 0.15) is 4.90 Å². The third-order valence-corrected chi connectivity index (χ3v) is 5.93. The molecule has 0 aromatic heterocycles. The Balaban J connectivity index is 2.40. The van der Waals surface area contributed by atoms with Crippen molar-refractivity contribution in [2.75, 3.05) is 13.1 Å². The molecule has 1 aromatic rings. The van der Waals surface area contributed by atoms with Crippen LogP contribution in [0.1, 0.15) is 12.8 Å². The summed E-state index contributed by atoms with van der Waals surface area (Å²) in [6.07, 6.45) is -4.21. The minimum absolute atomic E-state index is 0.0909. The monoisotopic (exact) mass is 430 g/mol. The molecule has 0 aliphatic carbocycles. The third kappa shape index (κ3) is 4.39. The minimum atomic E-state index is -5.04. The number of benzene rings is 1. The van der Waals surface area contributed by atoms with E-state index in [0.29, 0.717) is 12.8 Å². The molecule has 0 saturated carbocycles. The molecule has 134 valence electrons. The molecular weight excluding hydrogens is 417 g/mol. The summed E-state index contributed by atoms with van der Waals surface area (Å²) in [7, 11) is -4.27. The lowest BCUT2D eigenvalue weighted by molar-refractivity contribution is -0.275. The van der Waals surface area contributed by atoms with Gasteiger partial charge < -0.3 is 10.5 Å². The van der Waals surface area contributed by atoms with Crippen molar-refractivity contribution in [1.29, 1.82) is 0 Å². The number of hydrogen-bond acceptors (Lipinski definition) is 4. The molecular formula is C13H14BrF3N2O4S. The van der Waals surface area contributed by atoms with Crippen molar-refractivity contribution in [2.45, 2.75) is 24.1 Å². The van der Waals surface area contributed by atoms with Crippen LogP contribution in [0.4, 0.5) is 13.2 Å². The zero-order chi connectivity index (χ0) is 18.1. The van der Waals surface area contributed by atoms with E-state index < -0.39 is 38.9 Å². The molecule has 2 rings (SSSR count). The summed E-state index contributed by atoms with van der Waals surface area (Å²) in [5.41, 5.74) is 5.20. The fraction of sp³-hybridized carbons (Fsp3) is 0.462. The van der Waals surface area contributed by atoms with Crippen LogP contribution < -0.4 is 10.5 Å². The molecule has 1 heterocycles. The molecule has 1 aliphatic heterocycles. The Kier molecular flexibility index (Phi) is 5.45. The Bertz CT molecular complexity index is 739. The van der Waals surface area contributed by atoms with E-state index >= 15 is 0 Å². The van der Waals surface area contributed by atoms with Gasteiger partial charge in [-0.05, 0) is 31.0 Å². The number of hydrogen-bond donors (Lipinski definition) is 1. The summed E-state index contributed by atoms with van der Waals surface area (Å²) < 4.78 is 68.0. The number of piperidine rings is 1. The first-order valence-electron chi connectivity index (χ1n) is 6.85. The highest BCUT2D eigenvalue weighted by atomic mass is 79.9. The van der Waals surface area contributed by atoms with Gasteiger partial charge in [0.25, 0.3) is 0 Å².